The van der Waals surface area contributed by atoms with Gasteiger partial charge in [-0.25, -0.2) is 14.5 Å². The van der Waals surface area contributed by atoms with Gasteiger partial charge in [0.15, 0.2) is 18.1 Å². The van der Waals surface area contributed by atoms with Gasteiger partial charge in [0.1, 0.15) is 23.6 Å². The Morgan fingerprint density at radius 3 is 2.21 bits per heavy atom. The van der Waals surface area contributed by atoms with Gasteiger partial charge >= 0.3 is 0 Å². The van der Waals surface area contributed by atoms with Crippen molar-refractivity contribution in [2.24, 2.45) is 5.16 Å². The van der Waals surface area contributed by atoms with E-state index in [1.807, 2.05) is 85.8 Å². The first kappa shape index (κ1) is 24.2. The maximum absolute atomic E-state index is 6.33. The first-order valence-electron chi connectivity index (χ1n) is 12.3. The fourth-order valence-electron chi connectivity index (χ4n) is 4.40. The van der Waals surface area contributed by atoms with Gasteiger partial charge in [-0.15, -0.1) is 5.10 Å². The lowest BCUT2D eigenvalue weighted by molar-refractivity contribution is 0.125. The van der Waals surface area contributed by atoms with E-state index in [4.69, 9.17) is 23.7 Å². The van der Waals surface area contributed by atoms with E-state index in [0.717, 1.165) is 44.9 Å². The number of oxime groups is 1. The molecule has 0 aliphatic heterocycles. The van der Waals surface area contributed by atoms with Crippen LogP contribution >= 0.6 is 0 Å². The summed E-state index contributed by atoms with van der Waals surface area (Å²) in [6.45, 7) is 2.00. The first-order valence-corrected chi connectivity index (χ1v) is 12.3. The SMILES string of the molecule is COc1ccc(-c2oc3ncn4nc(CON=C(C)c5ccccc5)nc4c3c2-c2ccc(OC)cc2)cc1. The Bertz CT molecular complexity index is 1770. The highest BCUT2D eigenvalue weighted by molar-refractivity contribution is 6.07. The molecule has 9 nitrogen and oxygen atoms in total. The minimum Gasteiger partial charge on any atom is -0.497 e. The van der Waals surface area contributed by atoms with E-state index in [9.17, 15) is 0 Å². The second-order valence-corrected chi connectivity index (χ2v) is 8.80. The normalized spacial score (nSPS) is 11.7. The van der Waals surface area contributed by atoms with Gasteiger partial charge in [-0.1, -0.05) is 47.6 Å². The third kappa shape index (κ3) is 4.66. The van der Waals surface area contributed by atoms with E-state index in [1.165, 1.54) is 0 Å². The highest BCUT2D eigenvalue weighted by Crippen LogP contribution is 2.42. The quantitative estimate of drug-likeness (QED) is 0.175. The van der Waals surface area contributed by atoms with Crippen LogP contribution in [-0.2, 0) is 11.4 Å². The summed E-state index contributed by atoms with van der Waals surface area (Å²) in [4.78, 5) is 14.9. The van der Waals surface area contributed by atoms with Crippen molar-refractivity contribution in [1.82, 2.24) is 19.6 Å². The number of hydrogen-bond donors (Lipinski definition) is 0. The molecule has 0 aliphatic carbocycles. The van der Waals surface area contributed by atoms with Crippen LogP contribution in [-0.4, -0.2) is 39.5 Å². The average molecular weight is 520 g/mol. The van der Waals surface area contributed by atoms with E-state index >= 15 is 0 Å². The van der Waals surface area contributed by atoms with Crippen LogP contribution in [0.3, 0.4) is 0 Å². The lowest BCUT2D eigenvalue weighted by Gasteiger charge is -2.06. The highest BCUT2D eigenvalue weighted by Gasteiger charge is 2.23. The molecule has 0 radical (unpaired) electrons. The Morgan fingerprint density at radius 1 is 0.872 bits per heavy atom. The standard InChI is InChI=1S/C30H25N5O4/c1-19(20-7-5-4-6-8-20)34-38-17-25-32-29-27-26(21-9-13-23(36-2)14-10-21)28(22-11-15-24(37-3)16-12-22)39-30(27)31-18-35(29)33-25/h4-16,18H,17H2,1-3H3. The molecular weight excluding hydrogens is 494 g/mol. The Morgan fingerprint density at radius 2 is 1.54 bits per heavy atom. The van der Waals surface area contributed by atoms with Crippen LogP contribution in [0.4, 0.5) is 0 Å². The largest absolute Gasteiger partial charge is 0.497 e. The minimum absolute atomic E-state index is 0.106. The second-order valence-electron chi connectivity index (χ2n) is 8.80. The molecule has 39 heavy (non-hydrogen) atoms. The molecule has 0 fully saturated rings. The topological polar surface area (TPSA) is 96.3 Å². The van der Waals surface area contributed by atoms with Crippen LogP contribution in [0.1, 0.15) is 18.3 Å². The van der Waals surface area contributed by atoms with Gasteiger partial charge in [0.25, 0.3) is 0 Å². The summed E-state index contributed by atoms with van der Waals surface area (Å²) in [6, 6.07) is 25.3. The zero-order valence-corrected chi connectivity index (χ0v) is 21.7. The molecule has 0 amide bonds. The van der Waals surface area contributed by atoms with Crippen LogP contribution in [0, 0.1) is 0 Å². The fourth-order valence-corrected chi connectivity index (χ4v) is 4.40. The number of furan rings is 1. The summed E-state index contributed by atoms with van der Waals surface area (Å²) in [7, 11) is 3.28. The number of rotatable bonds is 8. The fraction of sp³-hybridized carbons (Fsp3) is 0.133. The van der Waals surface area contributed by atoms with Crippen molar-refractivity contribution in [3.05, 3.63) is 96.6 Å². The molecule has 6 aromatic rings. The minimum atomic E-state index is 0.106. The average Bonchev–Trinajstić information content (AvgIpc) is 3.59. The molecule has 9 heteroatoms. The number of benzene rings is 3. The number of hydrogen-bond acceptors (Lipinski definition) is 8. The number of fused-ring (bicyclic) bond motifs is 3. The third-order valence-electron chi connectivity index (χ3n) is 6.39. The molecule has 0 saturated carbocycles. The molecule has 0 unspecified atom stereocenters. The van der Waals surface area contributed by atoms with Crippen molar-refractivity contribution in [2.75, 3.05) is 14.2 Å². The zero-order valence-electron chi connectivity index (χ0n) is 21.7. The van der Waals surface area contributed by atoms with Gasteiger partial charge in [-0.3, -0.25) is 0 Å². The lowest BCUT2D eigenvalue weighted by atomic mass is 9.99. The van der Waals surface area contributed by atoms with E-state index in [1.54, 1.807) is 25.1 Å². The lowest BCUT2D eigenvalue weighted by Crippen LogP contribution is -1.97. The molecule has 0 saturated heterocycles. The molecular formula is C30H25N5O4. The van der Waals surface area contributed by atoms with Crippen molar-refractivity contribution in [2.45, 2.75) is 13.5 Å². The Labute approximate surface area is 224 Å². The molecule has 0 aliphatic rings. The summed E-state index contributed by atoms with van der Waals surface area (Å²) in [6.07, 6.45) is 1.59. The second kappa shape index (κ2) is 10.3. The predicted octanol–water partition coefficient (Wildman–Crippen LogP) is 6.16. The summed E-state index contributed by atoms with van der Waals surface area (Å²) in [5.74, 6) is 2.66. The first-order chi connectivity index (χ1) is 19.1. The maximum atomic E-state index is 6.33. The molecule has 194 valence electrons. The summed E-state index contributed by atoms with van der Waals surface area (Å²) >= 11 is 0. The van der Waals surface area contributed by atoms with E-state index in [-0.39, 0.29) is 6.61 Å². The maximum Gasteiger partial charge on any atom is 0.232 e. The molecule has 3 aromatic carbocycles. The van der Waals surface area contributed by atoms with Crippen molar-refractivity contribution < 1.29 is 18.7 Å². The number of ether oxygens (including phenoxy) is 2. The third-order valence-corrected chi connectivity index (χ3v) is 6.39. The van der Waals surface area contributed by atoms with Crippen LogP contribution in [0.2, 0.25) is 0 Å². The van der Waals surface area contributed by atoms with Crippen molar-refractivity contribution >= 4 is 22.5 Å². The van der Waals surface area contributed by atoms with Gasteiger partial charge < -0.3 is 18.7 Å². The number of nitrogens with zero attached hydrogens (tertiary/aromatic N) is 5. The van der Waals surface area contributed by atoms with Gasteiger partial charge in [0.2, 0.25) is 5.71 Å². The van der Waals surface area contributed by atoms with Gasteiger partial charge in [-0.2, -0.15) is 0 Å². The number of methoxy groups -OCH3 is 2. The van der Waals surface area contributed by atoms with Crippen molar-refractivity contribution in [3.8, 4) is 33.9 Å². The van der Waals surface area contributed by atoms with E-state index < -0.39 is 0 Å². The molecule has 0 bridgehead atoms. The van der Waals surface area contributed by atoms with Crippen LogP contribution in [0.15, 0.2) is 94.8 Å². The Balaban J connectivity index is 1.43. The number of aromatic nitrogens is 4. The van der Waals surface area contributed by atoms with Crippen LogP contribution in [0.25, 0.3) is 39.2 Å². The van der Waals surface area contributed by atoms with Gasteiger partial charge in [0, 0.05) is 11.1 Å². The molecule has 0 N–H and O–H groups in total. The predicted molar refractivity (Wildman–Crippen MR) is 148 cm³/mol. The molecule has 6 rings (SSSR count). The molecule has 3 heterocycles. The smallest absolute Gasteiger partial charge is 0.232 e. The van der Waals surface area contributed by atoms with Gasteiger partial charge in [-0.05, 0) is 54.4 Å². The monoisotopic (exact) mass is 519 g/mol. The Kier molecular flexibility index (Phi) is 6.38. The van der Waals surface area contributed by atoms with Crippen molar-refractivity contribution in [1.29, 1.82) is 0 Å². The zero-order chi connectivity index (χ0) is 26.8. The summed E-state index contributed by atoms with van der Waals surface area (Å²) in [5.41, 5.74) is 5.48. The van der Waals surface area contributed by atoms with Crippen LogP contribution < -0.4 is 9.47 Å². The molecule has 3 aromatic heterocycles. The molecule has 0 atom stereocenters. The highest BCUT2D eigenvalue weighted by atomic mass is 16.6. The summed E-state index contributed by atoms with van der Waals surface area (Å²) < 4.78 is 18.7. The molecule has 0 spiro atoms. The van der Waals surface area contributed by atoms with Gasteiger partial charge in [0.05, 0.1) is 25.3 Å². The summed E-state index contributed by atoms with van der Waals surface area (Å²) in [5, 5.41) is 9.55. The van der Waals surface area contributed by atoms with Crippen LogP contribution in [0.5, 0.6) is 11.5 Å². The van der Waals surface area contributed by atoms with Crippen molar-refractivity contribution in [3.63, 3.8) is 0 Å². The van der Waals surface area contributed by atoms with E-state index in [0.29, 0.717) is 22.9 Å². The van der Waals surface area contributed by atoms with E-state index in [2.05, 4.69) is 15.2 Å². The Hall–Kier alpha value is -5.18.